The van der Waals surface area contributed by atoms with E-state index in [1.165, 1.54) is 9.78 Å². The monoisotopic (exact) mass is 429 g/mol. The largest absolute Gasteiger partial charge is 0.455 e. The Kier molecular flexibility index (Phi) is 4.79. The van der Waals surface area contributed by atoms with Gasteiger partial charge in [0.1, 0.15) is 22.6 Å². The number of fused-ring (bicyclic) bond motifs is 2. The van der Waals surface area contributed by atoms with Gasteiger partial charge in [-0.25, -0.2) is 4.99 Å². The van der Waals surface area contributed by atoms with Gasteiger partial charge in [-0.05, 0) is 62.4 Å². The average Bonchev–Trinajstić information content (AvgIpc) is 3.47. The second kappa shape index (κ2) is 7.64. The van der Waals surface area contributed by atoms with E-state index in [-0.39, 0.29) is 11.8 Å². The van der Waals surface area contributed by atoms with Gasteiger partial charge in [0.25, 0.3) is 11.8 Å². The van der Waals surface area contributed by atoms with Gasteiger partial charge in [0.15, 0.2) is 0 Å². The molecule has 0 unspecified atom stereocenters. The van der Waals surface area contributed by atoms with Gasteiger partial charge in [0, 0.05) is 17.0 Å². The van der Waals surface area contributed by atoms with E-state index >= 15 is 0 Å². The molecule has 0 N–H and O–H groups in total. The Bertz CT molecular complexity index is 1290. The van der Waals surface area contributed by atoms with Crippen molar-refractivity contribution in [3.05, 3.63) is 63.2 Å². The zero-order chi connectivity index (χ0) is 21.5. The highest BCUT2D eigenvalue weighted by Gasteiger charge is 2.34. The summed E-state index contributed by atoms with van der Waals surface area (Å²) in [7, 11) is 0. The lowest BCUT2D eigenvalue weighted by atomic mass is 9.96. The first kappa shape index (κ1) is 19.5. The molecular weight excluding hydrogens is 410 g/mol. The van der Waals surface area contributed by atoms with Crippen LogP contribution in [-0.2, 0) is 12.8 Å². The molecule has 0 saturated carbocycles. The van der Waals surface area contributed by atoms with Gasteiger partial charge < -0.3 is 4.42 Å². The first-order valence-corrected chi connectivity index (χ1v) is 11.1. The molecule has 1 aromatic carbocycles. The van der Waals surface area contributed by atoms with Gasteiger partial charge in [0.2, 0.25) is 0 Å². The van der Waals surface area contributed by atoms with Crippen LogP contribution in [0.1, 0.15) is 62.2 Å². The first-order valence-electron chi connectivity index (χ1n) is 10.3. The molecule has 1 aliphatic heterocycles. The smallest absolute Gasteiger partial charge is 0.261 e. The third-order valence-electron chi connectivity index (χ3n) is 5.77. The summed E-state index contributed by atoms with van der Waals surface area (Å²) in [5.74, 6) is 0.616. The molecule has 2 aliphatic rings. The lowest BCUT2D eigenvalue weighted by molar-refractivity contribution is 0.0663. The molecule has 5 rings (SSSR count). The Hall–Kier alpha value is -3.50. The van der Waals surface area contributed by atoms with E-state index in [0.29, 0.717) is 34.8 Å². The number of carbonyl (C=O) groups excluding carboxylic acids is 2. The number of hydrogen-bond donors (Lipinski definition) is 0. The summed E-state index contributed by atoms with van der Waals surface area (Å²) in [6, 6.07) is 11.1. The van der Waals surface area contributed by atoms with Gasteiger partial charge in [0.05, 0.1) is 22.9 Å². The zero-order valence-corrected chi connectivity index (χ0v) is 17.8. The molecule has 2 aromatic heterocycles. The minimum atomic E-state index is -0.275. The molecule has 0 saturated heterocycles. The topological polar surface area (TPSA) is 86.7 Å². The standard InChI is InChI=1S/C24H19N3O3S/c1-2-27-23(28)17-9-7-14(11-18(17)24(27)29)20-10-8-15(30-20)13-26-22-19(12-25)16-5-3-4-6-21(16)31-22/h7-11,13H,2-6H2,1H3. The summed E-state index contributed by atoms with van der Waals surface area (Å²) < 4.78 is 5.90. The Balaban J connectivity index is 1.42. The highest BCUT2D eigenvalue weighted by molar-refractivity contribution is 7.16. The third kappa shape index (κ3) is 3.20. The van der Waals surface area contributed by atoms with Crippen molar-refractivity contribution < 1.29 is 14.0 Å². The van der Waals surface area contributed by atoms with Crippen LogP contribution < -0.4 is 0 Å². The van der Waals surface area contributed by atoms with E-state index in [4.69, 9.17) is 4.42 Å². The number of imide groups is 1. The number of thiophene rings is 1. The second-order valence-electron chi connectivity index (χ2n) is 7.58. The van der Waals surface area contributed by atoms with Crippen molar-refractivity contribution in [3.8, 4) is 17.4 Å². The summed E-state index contributed by atoms with van der Waals surface area (Å²) in [5, 5.41) is 10.3. The maximum atomic E-state index is 12.5. The SMILES string of the molecule is CCN1C(=O)c2ccc(-c3ccc(C=Nc4sc5c(c4C#N)CCCC5)o3)cc2C1=O. The van der Waals surface area contributed by atoms with Crippen LogP contribution in [0.15, 0.2) is 39.7 Å². The number of aryl methyl sites for hydroxylation is 1. The quantitative estimate of drug-likeness (QED) is 0.425. The first-order chi connectivity index (χ1) is 15.1. The Labute approximate surface area is 183 Å². The summed E-state index contributed by atoms with van der Waals surface area (Å²) in [6.45, 7) is 2.13. The molecule has 0 spiro atoms. The predicted octanol–water partition coefficient (Wildman–Crippen LogP) is 5.13. The van der Waals surface area contributed by atoms with Crippen LogP contribution in [0.2, 0.25) is 0 Å². The zero-order valence-electron chi connectivity index (χ0n) is 17.0. The van der Waals surface area contributed by atoms with Crippen molar-refractivity contribution in [1.82, 2.24) is 4.90 Å². The average molecular weight is 430 g/mol. The Morgan fingerprint density at radius 1 is 1.16 bits per heavy atom. The molecule has 0 atom stereocenters. The number of amides is 2. The lowest BCUT2D eigenvalue weighted by Crippen LogP contribution is -2.29. The number of carbonyl (C=O) groups is 2. The molecule has 0 bridgehead atoms. The molecule has 154 valence electrons. The Morgan fingerprint density at radius 3 is 2.77 bits per heavy atom. The van der Waals surface area contributed by atoms with Crippen molar-refractivity contribution in [2.75, 3.05) is 6.54 Å². The molecule has 1 aliphatic carbocycles. The fourth-order valence-electron chi connectivity index (χ4n) is 4.19. The summed E-state index contributed by atoms with van der Waals surface area (Å²) in [4.78, 5) is 31.8. The normalized spacial score (nSPS) is 15.4. The van der Waals surface area contributed by atoms with E-state index < -0.39 is 0 Å². The van der Waals surface area contributed by atoms with Gasteiger partial charge in [-0.3, -0.25) is 14.5 Å². The molecular formula is C24H19N3O3S. The number of aliphatic imine (C=N–C) groups is 1. The fourth-order valence-corrected chi connectivity index (χ4v) is 5.37. The summed E-state index contributed by atoms with van der Waals surface area (Å²) in [6.07, 6.45) is 5.87. The molecule has 3 heterocycles. The lowest BCUT2D eigenvalue weighted by Gasteiger charge is -2.09. The number of hydrogen-bond acceptors (Lipinski definition) is 6. The van der Waals surface area contributed by atoms with Crippen LogP contribution in [-0.4, -0.2) is 29.5 Å². The minimum Gasteiger partial charge on any atom is -0.455 e. The molecule has 0 fully saturated rings. The van der Waals surface area contributed by atoms with Gasteiger partial charge in [-0.15, -0.1) is 11.3 Å². The van der Waals surface area contributed by atoms with E-state index in [9.17, 15) is 14.9 Å². The predicted molar refractivity (Wildman–Crippen MR) is 118 cm³/mol. The van der Waals surface area contributed by atoms with Crippen LogP contribution in [0.5, 0.6) is 0 Å². The van der Waals surface area contributed by atoms with Crippen LogP contribution in [0.25, 0.3) is 11.3 Å². The fraction of sp³-hybridized carbons (Fsp3) is 0.250. The van der Waals surface area contributed by atoms with E-state index in [0.717, 1.165) is 41.8 Å². The molecule has 0 radical (unpaired) electrons. The second-order valence-corrected chi connectivity index (χ2v) is 8.66. The van der Waals surface area contributed by atoms with E-state index in [1.807, 2.05) is 6.07 Å². The molecule has 3 aromatic rings. The maximum absolute atomic E-state index is 12.5. The summed E-state index contributed by atoms with van der Waals surface area (Å²) in [5.41, 5.74) is 3.39. The highest BCUT2D eigenvalue weighted by Crippen LogP contribution is 2.39. The van der Waals surface area contributed by atoms with Gasteiger partial charge >= 0.3 is 0 Å². The van der Waals surface area contributed by atoms with Crippen molar-refractivity contribution in [3.63, 3.8) is 0 Å². The van der Waals surface area contributed by atoms with E-state index in [2.05, 4.69) is 11.1 Å². The number of rotatable bonds is 4. The third-order valence-corrected chi connectivity index (χ3v) is 6.97. The molecule has 6 nitrogen and oxygen atoms in total. The Morgan fingerprint density at radius 2 is 1.97 bits per heavy atom. The number of benzene rings is 1. The van der Waals surface area contributed by atoms with Gasteiger partial charge in [-0.1, -0.05) is 6.07 Å². The van der Waals surface area contributed by atoms with Crippen molar-refractivity contribution in [2.45, 2.75) is 32.6 Å². The van der Waals surface area contributed by atoms with Crippen molar-refractivity contribution >= 4 is 34.4 Å². The highest BCUT2D eigenvalue weighted by atomic mass is 32.1. The van der Waals surface area contributed by atoms with Crippen LogP contribution in [0.4, 0.5) is 5.00 Å². The molecule has 2 amide bonds. The van der Waals surface area contributed by atoms with Crippen molar-refractivity contribution in [1.29, 1.82) is 5.26 Å². The van der Waals surface area contributed by atoms with Crippen molar-refractivity contribution in [2.24, 2.45) is 4.99 Å². The molecule has 31 heavy (non-hydrogen) atoms. The minimum absolute atomic E-state index is 0.256. The molecule has 7 heteroatoms. The van der Waals surface area contributed by atoms with Crippen LogP contribution in [0.3, 0.4) is 0 Å². The number of nitrogens with zero attached hydrogens (tertiary/aromatic N) is 3. The number of nitriles is 1. The van der Waals surface area contributed by atoms with Crippen LogP contribution >= 0.6 is 11.3 Å². The van der Waals surface area contributed by atoms with Crippen LogP contribution in [0, 0.1) is 11.3 Å². The maximum Gasteiger partial charge on any atom is 0.261 e. The van der Waals surface area contributed by atoms with E-state index in [1.54, 1.807) is 48.7 Å². The summed E-state index contributed by atoms with van der Waals surface area (Å²) >= 11 is 1.59. The number of furan rings is 1. The van der Waals surface area contributed by atoms with Gasteiger partial charge in [-0.2, -0.15) is 5.26 Å².